The Balaban J connectivity index is 1.47. The van der Waals surface area contributed by atoms with E-state index in [1.807, 2.05) is 56.3 Å². The molecule has 9 heteroatoms. The van der Waals surface area contributed by atoms with Crippen LogP contribution in [0.2, 0.25) is 0 Å². The summed E-state index contributed by atoms with van der Waals surface area (Å²) in [6.45, 7) is 7.45. The summed E-state index contributed by atoms with van der Waals surface area (Å²) in [4.78, 5) is 15.4. The second-order valence-electron chi connectivity index (χ2n) is 10.1. The Bertz CT molecular complexity index is 1540. The molecule has 1 N–H and O–H groups in total. The van der Waals surface area contributed by atoms with Gasteiger partial charge >= 0.3 is 0 Å². The zero-order chi connectivity index (χ0) is 26.4. The number of fused-ring (bicyclic) bond motifs is 1. The molecule has 0 unspecified atom stereocenters. The molecule has 6 rings (SSSR count). The summed E-state index contributed by atoms with van der Waals surface area (Å²) >= 11 is 0. The number of sulfonamides is 1. The summed E-state index contributed by atoms with van der Waals surface area (Å²) in [5.74, 6) is -0.118. The number of benzene rings is 2. The van der Waals surface area contributed by atoms with Gasteiger partial charge in [0.2, 0.25) is 10.0 Å². The van der Waals surface area contributed by atoms with Crippen molar-refractivity contribution in [1.29, 1.82) is 0 Å². The molecule has 3 aliphatic rings. The van der Waals surface area contributed by atoms with Crippen LogP contribution in [0.1, 0.15) is 35.4 Å². The van der Waals surface area contributed by atoms with Crippen molar-refractivity contribution in [2.24, 2.45) is 0 Å². The lowest BCUT2D eigenvalue weighted by Crippen LogP contribution is -2.40. The van der Waals surface area contributed by atoms with Crippen LogP contribution in [0.25, 0.3) is 17.3 Å². The molecule has 198 valence electrons. The second-order valence-corrected chi connectivity index (χ2v) is 12.0. The molecule has 1 aromatic heterocycles. The van der Waals surface area contributed by atoms with Crippen molar-refractivity contribution in [1.82, 2.24) is 8.87 Å². The van der Waals surface area contributed by atoms with Crippen LogP contribution in [0.5, 0.6) is 0 Å². The molecular formula is C29H32N4O4S. The zero-order valence-electron chi connectivity index (χ0n) is 21.7. The Kier molecular flexibility index (Phi) is 6.37. The molecule has 0 bridgehead atoms. The van der Waals surface area contributed by atoms with Crippen molar-refractivity contribution in [2.75, 3.05) is 49.6 Å². The largest absolute Gasteiger partial charge is 0.379 e. The molecule has 38 heavy (non-hydrogen) atoms. The van der Waals surface area contributed by atoms with Gasteiger partial charge in [0.05, 0.1) is 29.5 Å². The van der Waals surface area contributed by atoms with Crippen LogP contribution in [0.4, 0.5) is 11.4 Å². The van der Waals surface area contributed by atoms with Gasteiger partial charge in [0, 0.05) is 54.4 Å². The predicted molar refractivity (Wildman–Crippen MR) is 149 cm³/mol. The van der Waals surface area contributed by atoms with E-state index in [4.69, 9.17) is 4.74 Å². The highest BCUT2D eigenvalue weighted by Gasteiger charge is 2.29. The van der Waals surface area contributed by atoms with Gasteiger partial charge in [0.1, 0.15) is 0 Å². The average Bonchev–Trinajstić information content (AvgIpc) is 3.63. The molecule has 0 atom stereocenters. The smallest absolute Gasteiger partial charge is 0.256 e. The number of aromatic nitrogens is 1. The van der Waals surface area contributed by atoms with Crippen LogP contribution in [0, 0.1) is 13.8 Å². The van der Waals surface area contributed by atoms with Gasteiger partial charge in [-0.05, 0) is 68.7 Å². The number of nitrogens with zero attached hydrogens (tertiary/aromatic N) is 3. The number of carbonyl (C=O) groups is 1. The van der Waals surface area contributed by atoms with Gasteiger partial charge < -0.3 is 19.5 Å². The Morgan fingerprint density at radius 2 is 1.66 bits per heavy atom. The number of amides is 1. The van der Waals surface area contributed by atoms with Crippen LogP contribution < -0.4 is 10.2 Å². The minimum absolute atomic E-state index is 0.118. The first kappa shape index (κ1) is 24.9. The molecule has 4 heterocycles. The summed E-state index contributed by atoms with van der Waals surface area (Å²) < 4.78 is 36.1. The molecule has 3 aliphatic heterocycles. The number of hydrogen-bond acceptors (Lipinski definition) is 5. The van der Waals surface area contributed by atoms with Gasteiger partial charge in [-0.3, -0.25) is 4.79 Å². The molecule has 2 aromatic carbocycles. The van der Waals surface area contributed by atoms with Crippen molar-refractivity contribution in [3.63, 3.8) is 0 Å². The van der Waals surface area contributed by atoms with Crippen molar-refractivity contribution >= 4 is 39.0 Å². The Morgan fingerprint density at radius 3 is 2.42 bits per heavy atom. The quantitative estimate of drug-likeness (QED) is 0.498. The van der Waals surface area contributed by atoms with E-state index in [-0.39, 0.29) is 10.8 Å². The molecule has 2 fully saturated rings. The van der Waals surface area contributed by atoms with E-state index < -0.39 is 10.0 Å². The molecule has 1 amide bonds. The van der Waals surface area contributed by atoms with Crippen LogP contribution in [-0.2, 0) is 19.6 Å². The maximum atomic E-state index is 13.6. The third-order valence-electron chi connectivity index (χ3n) is 7.72. The monoisotopic (exact) mass is 532 g/mol. The fourth-order valence-electron chi connectivity index (χ4n) is 5.75. The first-order valence-corrected chi connectivity index (χ1v) is 14.6. The van der Waals surface area contributed by atoms with E-state index in [9.17, 15) is 13.2 Å². The maximum Gasteiger partial charge on any atom is 0.256 e. The molecular weight excluding hydrogens is 500 g/mol. The highest BCUT2D eigenvalue weighted by molar-refractivity contribution is 7.89. The minimum Gasteiger partial charge on any atom is -0.379 e. The number of para-hydroxylation sites is 1. The third-order valence-corrected chi connectivity index (χ3v) is 9.62. The summed E-state index contributed by atoms with van der Waals surface area (Å²) in [5.41, 5.74) is 7.05. The molecule has 8 nitrogen and oxygen atoms in total. The topological polar surface area (TPSA) is 83.9 Å². The zero-order valence-corrected chi connectivity index (χ0v) is 22.6. The van der Waals surface area contributed by atoms with Gasteiger partial charge in [0.15, 0.2) is 0 Å². The van der Waals surface area contributed by atoms with Crippen LogP contribution in [0.3, 0.4) is 0 Å². The lowest BCUT2D eigenvalue weighted by molar-refractivity contribution is -0.110. The first-order chi connectivity index (χ1) is 18.3. The average molecular weight is 533 g/mol. The first-order valence-electron chi connectivity index (χ1n) is 13.1. The summed E-state index contributed by atoms with van der Waals surface area (Å²) in [6.07, 6.45) is 4.16. The van der Waals surface area contributed by atoms with Crippen molar-refractivity contribution in [3.05, 3.63) is 71.0 Å². The lowest BCUT2D eigenvalue weighted by atomic mass is 10.0. The highest BCUT2D eigenvalue weighted by atomic mass is 32.2. The number of carbonyl (C=O) groups excluding carboxylic acids is 1. The fourth-order valence-corrected chi connectivity index (χ4v) is 7.17. The SMILES string of the molecule is Cc1cc(C=C2C(=O)Nc3ccccc32)c(C)n1-c1cc(S(=O)(=O)N2CCOCC2)ccc1N1CCCC1. The fraction of sp³-hybridized carbons (Fsp3) is 0.345. The van der Waals surface area contributed by atoms with Crippen LogP contribution in [-0.4, -0.2) is 62.6 Å². The van der Waals surface area contributed by atoms with Gasteiger partial charge in [0.25, 0.3) is 5.91 Å². The summed E-state index contributed by atoms with van der Waals surface area (Å²) in [5, 5.41) is 2.94. The molecule has 3 aromatic rings. The number of morpholine rings is 1. The van der Waals surface area contributed by atoms with E-state index in [1.54, 1.807) is 6.07 Å². The number of nitrogens with one attached hydrogen (secondary N) is 1. The van der Waals surface area contributed by atoms with E-state index in [0.29, 0.717) is 31.9 Å². The molecule has 2 saturated heterocycles. The maximum absolute atomic E-state index is 13.6. The van der Waals surface area contributed by atoms with Gasteiger partial charge in [-0.2, -0.15) is 4.31 Å². The Labute approximate surface area is 223 Å². The predicted octanol–water partition coefficient (Wildman–Crippen LogP) is 4.21. The van der Waals surface area contributed by atoms with Crippen LogP contribution >= 0.6 is 0 Å². The van der Waals surface area contributed by atoms with Crippen molar-refractivity contribution in [2.45, 2.75) is 31.6 Å². The van der Waals surface area contributed by atoms with E-state index in [1.165, 1.54) is 4.31 Å². The number of anilines is 2. The van der Waals surface area contributed by atoms with Gasteiger partial charge in [-0.1, -0.05) is 18.2 Å². The van der Waals surface area contributed by atoms with Gasteiger partial charge in [-0.25, -0.2) is 8.42 Å². The van der Waals surface area contributed by atoms with Crippen LogP contribution in [0.15, 0.2) is 53.4 Å². The normalized spacial score (nSPS) is 19.3. The summed E-state index contributed by atoms with van der Waals surface area (Å²) in [6, 6.07) is 15.2. The Morgan fingerprint density at radius 1 is 0.921 bits per heavy atom. The van der Waals surface area contributed by atoms with E-state index in [0.717, 1.165) is 65.5 Å². The molecule has 0 radical (unpaired) electrons. The lowest BCUT2D eigenvalue weighted by Gasteiger charge is -2.28. The van der Waals surface area contributed by atoms with E-state index >= 15 is 0 Å². The molecule has 0 spiro atoms. The number of aryl methyl sites for hydroxylation is 1. The second kappa shape index (κ2) is 9.72. The highest BCUT2D eigenvalue weighted by Crippen LogP contribution is 2.37. The number of rotatable bonds is 5. The number of ether oxygens (including phenoxy) is 1. The Hall–Kier alpha value is -3.40. The van der Waals surface area contributed by atoms with Crippen molar-refractivity contribution in [3.8, 4) is 5.69 Å². The van der Waals surface area contributed by atoms with E-state index in [2.05, 4.69) is 20.9 Å². The standard InChI is InChI=1S/C29H32N4O4S/c1-20-17-22(18-25-24-7-3-4-8-26(24)30-29(25)34)21(2)33(20)28-19-23(9-10-27(28)31-11-5-6-12-31)38(35,36)32-13-15-37-16-14-32/h3-4,7-10,17-19H,5-6,11-16H2,1-2H3,(H,30,34). The van der Waals surface area contributed by atoms with Crippen molar-refractivity contribution < 1.29 is 17.9 Å². The third kappa shape index (κ3) is 4.24. The summed E-state index contributed by atoms with van der Waals surface area (Å²) in [7, 11) is -3.65. The van der Waals surface area contributed by atoms with Gasteiger partial charge in [-0.15, -0.1) is 0 Å². The number of hydrogen-bond donors (Lipinski definition) is 1. The molecule has 0 saturated carbocycles. The minimum atomic E-state index is -3.65. The molecule has 0 aliphatic carbocycles.